The van der Waals surface area contributed by atoms with Crippen LogP contribution in [-0.2, 0) is 6.42 Å². The average molecular weight is 294 g/mol. The zero-order chi connectivity index (χ0) is 15.7. The summed E-state index contributed by atoms with van der Waals surface area (Å²) in [5.41, 5.74) is 1.24. The van der Waals surface area contributed by atoms with E-state index in [1.165, 1.54) is 5.56 Å². The molecular weight excluding hydrogens is 264 g/mol. The molecule has 0 saturated heterocycles. The second kappa shape index (κ2) is 9.67. The molecule has 0 spiro atoms. The van der Waals surface area contributed by atoms with Crippen molar-refractivity contribution in [3.8, 4) is 11.5 Å². The van der Waals surface area contributed by atoms with Gasteiger partial charge in [-0.3, -0.25) is 0 Å². The largest absolute Gasteiger partial charge is 0.493 e. The van der Waals surface area contributed by atoms with Gasteiger partial charge in [0.2, 0.25) is 0 Å². The Labute approximate surface area is 129 Å². The van der Waals surface area contributed by atoms with Crippen molar-refractivity contribution in [3.05, 3.63) is 23.8 Å². The van der Waals surface area contributed by atoms with Gasteiger partial charge in [0.15, 0.2) is 0 Å². The SMILES string of the molecule is CCCOc1cc(CC(C)C)cc(OC(CC)CCO)c1. The van der Waals surface area contributed by atoms with Crippen LogP contribution in [0.5, 0.6) is 11.5 Å². The van der Waals surface area contributed by atoms with Crippen LogP contribution in [0.2, 0.25) is 0 Å². The smallest absolute Gasteiger partial charge is 0.123 e. The van der Waals surface area contributed by atoms with Gasteiger partial charge in [0.25, 0.3) is 0 Å². The van der Waals surface area contributed by atoms with Crippen molar-refractivity contribution in [1.82, 2.24) is 0 Å². The summed E-state index contributed by atoms with van der Waals surface area (Å²) in [7, 11) is 0. The van der Waals surface area contributed by atoms with Gasteiger partial charge in [-0.25, -0.2) is 0 Å². The predicted octanol–water partition coefficient (Wildman–Crippen LogP) is 4.21. The summed E-state index contributed by atoms with van der Waals surface area (Å²) in [6.45, 7) is 9.47. The lowest BCUT2D eigenvalue weighted by molar-refractivity contribution is 0.150. The molecule has 0 amide bonds. The molecule has 1 aromatic rings. The first-order chi connectivity index (χ1) is 10.1. The van der Waals surface area contributed by atoms with Crippen molar-refractivity contribution >= 4 is 0 Å². The minimum Gasteiger partial charge on any atom is -0.493 e. The van der Waals surface area contributed by atoms with Gasteiger partial charge < -0.3 is 14.6 Å². The highest BCUT2D eigenvalue weighted by molar-refractivity contribution is 5.38. The highest BCUT2D eigenvalue weighted by atomic mass is 16.5. The van der Waals surface area contributed by atoms with Gasteiger partial charge in [0, 0.05) is 19.1 Å². The van der Waals surface area contributed by atoms with Crippen molar-refractivity contribution < 1.29 is 14.6 Å². The second-order valence-corrected chi connectivity index (χ2v) is 5.92. The first-order valence-electron chi connectivity index (χ1n) is 8.13. The monoisotopic (exact) mass is 294 g/mol. The van der Waals surface area contributed by atoms with Crippen molar-refractivity contribution in [2.75, 3.05) is 13.2 Å². The molecule has 0 saturated carbocycles. The number of hydrogen-bond donors (Lipinski definition) is 1. The quantitative estimate of drug-likeness (QED) is 0.702. The molecule has 120 valence electrons. The molecule has 0 radical (unpaired) electrons. The molecule has 3 heteroatoms. The molecule has 1 unspecified atom stereocenters. The van der Waals surface area contributed by atoms with Gasteiger partial charge in [0.05, 0.1) is 6.61 Å². The average Bonchev–Trinajstić information content (AvgIpc) is 2.43. The third-order valence-corrected chi connectivity index (χ3v) is 3.27. The molecule has 1 N–H and O–H groups in total. The number of aliphatic hydroxyl groups excluding tert-OH is 1. The highest BCUT2D eigenvalue weighted by Crippen LogP contribution is 2.26. The molecule has 0 bridgehead atoms. The lowest BCUT2D eigenvalue weighted by Crippen LogP contribution is -2.17. The molecule has 0 aliphatic rings. The van der Waals surface area contributed by atoms with Gasteiger partial charge in [-0.2, -0.15) is 0 Å². The van der Waals surface area contributed by atoms with Gasteiger partial charge in [-0.1, -0.05) is 27.7 Å². The summed E-state index contributed by atoms with van der Waals surface area (Å²) in [5, 5.41) is 9.09. The third kappa shape index (κ3) is 6.85. The Bertz CT molecular complexity index is 401. The zero-order valence-corrected chi connectivity index (χ0v) is 13.9. The van der Waals surface area contributed by atoms with Crippen LogP contribution in [0.4, 0.5) is 0 Å². The van der Waals surface area contributed by atoms with Gasteiger partial charge in [0.1, 0.15) is 17.6 Å². The van der Waals surface area contributed by atoms with Crippen molar-refractivity contribution in [2.24, 2.45) is 5.92 Å². The molecule has 1 rings (SSSR count). The maximum atomic E-state index is 9.09. The molecule has 1 aromatic carbocycles. The summed E-state index contributed by atoms with van der Waals surface area (Å²) in [6, 6.07) is 6.16. The topological polar surface area (TPSA) is 38.7 Å². The Morgan fingerprint density at radius 2 is 1.81 bits per heavy atom. The van der Waals surface area contributed by atoms with Crippen molar-refractivity contribution in [2.45, 2.75) is 59.5 Å². The summed E-state index contributed by atoms with van der Waals surface area (Å²) < 4.78 is 11.8. The minimum absolute atomic E-state index is 0.0586. The Hall–Kier alpha value is -1.22. The van der Waals surface area contributed by atoms with E-state index in [1.807, 2.05) is 6.07 Å². The fourth-order valence-electron chi connectivity index (χ4n) is 2.27. The Kier molecular flexibility index (Phi) is 8.21. The zero-order valence-electron chi connectivity index (χ0n) is 13.9. The lowest BCUT2D eigenvalue weighted by atomic mass is 10.0. The van der Waals surface area contributed by atoms with Crippen LogP contribution < -0.4 is 9.47 Å². The molecule has 21 heavy (non-hydrogen) atoms. The second-order valence-electron chi connectivity index (χ2n) is 5.92. The fourth-order valence-corrected chi connectivity index (χ4v) is 2.27. The first-order valence-corrected chi connectivity index (χ1v) is 8.13. The summed E-state index contributed by atoms with van der Waals surface area (Å²) in [4.78, 5) is 0. The predicted molar refractivity (Wildman–Crippen MR) is 87.2 cm³/mol. The Balaban J connectivity index is 2.88. The van der Waals surface area contributed by atoms with Gasteiger partial charge >= 0.3 is 0 Å². The molecule has 0 heterocycles. The number of aliphatic hydroxyl groups is 1. The van der Waals surface area contributed by atoms with Crippen LogP contribution in [-0.4, -0.2) is 24.4 Å². The van der Waals surface area contributed by atoms with E-state index in [2.05, 4.69) is 39.8 Å². The molecular formula is C18H30O3. The van der Waals surface area contributed by atoms with Crippen LogP contribution in [0.1, 0.15) is 52.5 Å². The highest BCUT2D eigenvalue weighted by Gasteiger charge is 2.10. The summed E-state index contributed by atoms with van der Waals surface area (Å²) in [5.74, 6) is 2.32. The maximum Gasteiger partial charge on any atom is 0.123 e. The number of hydrogen-bond acceptors (Lipinski definition) is 3. The molecule has 0 aromatic heterocycles. The van der Waals surface area contributed by atoms with E-state index in [0.717, 1.165) is 37.4 Å². The van der Waals surface area contributed by atoms with Crippen molar-refractivity contribution in [1.29, 1.82) is 0 Å². The normalized spacial score (nSPS) is 12.5. The molecule has 0 aliphatic heterocycles. The summed E-state index contributed by atoms with van der Waals surface area (Å²) in [6.07, 6.45) is 3.61. The molecule has 1 atom stereocenters. The van der Waals surface area contributed by atoms with E-state index in [-0.39, 0.29) is 12.7 Å². The van der Waals surface area contributed by atoms with Gasteiger partial charge in [-0.05, 0) is 42.9 Å². The molecule has 0 fully saturated rings. The van der Waals surface area contributed by atoms with E-state index in [9.17, 15) is 0 Å². The van der Waals surface area contributed by atoms with Crippen LogP contribution in [0.25, 0.3) is 0 Å². The van der Waals surface area contributed by atoms with Gasteiger partial charge in [-0.15, -0.1) is 0 Å². The molecule has 0 aliphatic carbocycles. The molecule has 3 nitrogen and oxygen atoms in total. The van der Waals surface area contributed by atoms with Crippen LogP contribution >= 0.6 is 0 Å². The Morgan fingerprint density at radius 1 is 1.10 bits per heavy atom. The van der Waals surface area contributed by atoms with Crippen LogP contribution in [0.15, 0.2) is 18.2 Å². The third-order valence-electron chi connectivity index (χ3n) is 3.27. The summed E-state index contributed by atoms with van der Waals surface area (Å²) >= 11 is 0. The standard InChI is InChI=1S/C18H30O3/c1-5-9-20-17-11-15(10-14(3)4)12-18(13-17)21-16(6-2)7-8-19/h11-14,16,19H,5-10H2,1-4H3. The van der Waals surface area contributed by atoms with Crippen LogP contribution in [0.3, 0.4) is 0 Å². The van der Waals surface area contributed by atoms with Crippen molar-refractivity contribution in [3.63, 3.8) is 0 Å². The number of ether oxygens (including phenoxy) is 2. The van der Waals surface area contributed by atoms with Crippen LogP contribution in [0, 0.1) is 5.92 Å². The van der Waals surface area contributed by atoms with E-state index < -0.39 is 0 Å². The Morgan fingerprint density at radius 3 is 2.38 bits per heavy atom. The number of rotatable bonds is 10. The lowest BCUT2D eigenvalue weighted by Gasteiger charge is -2.18. The van der Waals surface area contributed by atoms with E-state index >= 15 is 0 Å². The fraction of sp³-hybridized carbons (Fsp3) is 0.667. The first kappa shape index (κ1) is 17.8. The number of benzene rings is 1. The maximum absolute atomic E-state index is 9.09. The van der Waals surface area contributed by atoms with E-state index in [4.69, 9.17) is 14.6 Å². The minimum atomic E-state index is 0.0586. The van der Waals surface area contributed by atoms with E-state index in [1.54, 1.807) is 0 Å². The van der Waals surface area contributed by atoms with E-state index in [0.29, 0.717) is 12.3 Å².